The molecule has 1 aromatic rings. The van der Waals surface area contributed by atoms with E-state index in [1.54, 1.807) is 23.5 Å². The third kappa shape index (κ3) is 4.06. The first kappa shape index (κ1) is 15.9. The Hall–Kier alpha value is -1.98. The quantitative estimate of drug-likeness (QED) is 0.849. The van der Waals surface area contributed by atoms with Crippen LogP contribution in [-0.2, 0) is 9.59 Å². The molecule has 0 saturated carbocycles. The number of aromatic nitrogens is 2. The van der Waals surface area contributed by atoms with E-state index in [4.69, 9.17) is 0 Å². The van der Waals surface area contributed by atoms with Gasteiger partial charge in [-0.3, -0.25) is 19.6 Å². The number of piperidine rings is 1. The minimum absolute atomic E-state index is 0.0637. The summed E-state index contributed by atoms with van der Waals surface area (Å²) in [5.74, 6) is 0.438. The van der Waals surface area contributed by atoms with Gasteiger partial charge in [0.1, 0.15) is 0 Å². The first-order valence-electron chi connectivity index (χ1n) is 8.55. The minimum atomic E-state index is 0.0637. The zero-order valence-electron chi connectivity index (χ0n) is 13.5. The molecule has 3 rings (SSSR count). The summed E-state index contributed by atoms with van der Waals surface area (Å²) in [6.45, 7) is 2.40. The molecule has 2 aliphatic rings. The molecule has 1 aromatic heterocycles. The van der Waals surface area contributed by atoms with Crippen molar-refractivity contribution in [2.24, 2.45) is 0 Å². The van der Waals surface area contributed by atoms with Crippen molar-refractivity contribution in [1.29, 1.82) is 0 Å². The number of rotatable bonds is 3. The van der Waals surface area contributed by atoms with Gasteiger partial charge in [-0.1, -0.05) is 6.42 Å². The van der Waals surface area contributed by atoms with Gasteiger partial charge in [0.15, 0.2) is 0 Å². The summed E-state index contributed by atoms with van der Waals surface area (Å²) in [4.78, 5) is 36.8. The van der Waals surface area contributed by atoms with Gasteiger partial charge in [-0.15, -0.1) is 0 Å². The van der Waals surface area contributed by atoms with Crippen LogP contribution >= 0.6 is 0 Å². The maximum absolute atomic E-state index is 12.6. The van der Waals surface area contributed by atoms with Gasteiger partial charge in [0, 0.05) is 50.6 Å². The van der Waals surface area contributed by atoms with E-state index in [-0.39, 0.29) is 24.3 Å². The molecule has 0 bridgehead atoms. The first-order chi connectivity index (χ1) is 11.2. The highest BCUT2D eigenvalue weighted by Gasteiger charge is 2.28. The predicted molar refractivity (Wildman–Crippen MR) is 85.6 cm³/mol. The van der Waals surface area contributed by atoms with Gasteiger partial charge in [0.2, 0.25) is 11.8 Å². The van der Waals surface area contributed by atoms with Crippen molar-refractivity contribution in [2.45, 2.75) is 44.4 Å². The van der Waals surface area contributed by atoms with Crippen LogP contribution < -0.4 is 0 Å². The predicted octanol–water partition coefficient (Wildman–Crippen LogP) is 1.59. The zero-order chi connectivity index (χ0) is 16.1. The smallest absolute Gasteiger partial charge is 0.242 e. The monoisotopic (exact) mass is 316 g/mol. The number of amides is 2. The average Bonchev–Trinajstić information content (AvgIpc) is 2.80. The molecular formula is C17H24N4O2. The summed E-state index contributed by atoms with van der Waals surface area (Å²) in [6, 6.07) is 0. The molecule has 2 fully saturated rings. The fraction of sp³-hybridized carbons (Fsp3) is 0.647. The van der Waals surface area contributed by atoms with E-state index in [0.717, 1.165) is 44.3 Å². The molecule has 124 valence electrons. The molecule has 0 unspecified atom stereocenters. The molecule has 0 aromatic carbocycles. The number of likely N-dealkylation sites (tertiary alicyclic amines) is 2. The van der Waals surface area contributed by atoms with Crippen molar-refractivity contribution in [3.63, 3.8) is 0 Å². The fourth-order valence-electron chi connectivity index (χ4n) is 3.44. The van der Waals surface area contributed by atoms with E-state index in [1.165, 1.54) is 0 Å². The highest BCUT2D eigenvalue weighted by Crippen LogP contribution is 2.25. The molecule has 23 heavy (non-hydrogen) atoms. The standard InChI is InChI=1S/C17H24N4O2/c22-16-6-2-1-3-9-21(16)13-17(23)20-10-4-5-14(12-20)15-11-18-7-8-19-15/h7-8,11,14H,1-6,9-10,12-13H2/t14-/m0/s1. The van der Waals surface area contributed by atoms with Gasteiger partial charge >= 0.3 is 0 Å². The van der Waals surface area contributed by atoms with Crippen LogP contribution in [0.4, 0.5) is 0 Å². The van der Waals surface area contributed by atoms with Crippen LogP contribution in [-0.4, -0.2) is 57.8 Å². The topological polar surface area (TPSA) is 66.4 Å². The molecule has 0 N–H and O–H groups in total. The van der Waals surface area contributed by atoms with Gasteiger partial charge in [-0.25, -0.2) is 0 Å². The molecule has 6 heteroatoms. The van der Waals surface area contributed by atoms with E-state index < -0.39 is 0 Å². The summed E-state index contributed by atoms with van der Waals surface area (Å²) < 4.78 is 0. The Morgan fingerprint density at radius 3 is 2.91 bits per heavy atom. The number of carbonyl (C=O) groups excluding carboxylic acids is 2. The van der Waals surface area contributed by atoms with E-state index >= 15 is 0 Å². The van der Waals surface area contributed by atoms with E-state index in [0.29, 0.717) is 19.5 Å². The number of hydrogen-bond acceptors (Lipinski definition) is 4. The second-order valence-electron chi connectivity index (χ2n) is 6.44. The third-order valence-electron chi connectivity index (χ3n) is 4.77. The second-order valence-corrected chi connectivity index (χ2v) is 6.44. The Labute approximate surface area is 136 Å². The molecule has 6 nitrogen and oxygen atoms in total. The normalized spacial score (nSPS) is 22.8. The Kier molecular flexibility index (Phi) is 5.20. The van der Waals surface area contributed by atoms with E-state index in [9.17, 15) is 9.59 Å². The highest BCUT2D eigenvalue weighted by molar-refractivity contribution is 5.85. The molecule has 2 saturated heterocycles. The summed E-state index contributed by atoms with van der Waals surface area (Å²) in [6.07, 6.45) is 10.8. The van der Waals surface area contributed by atoms with Crippen molar-refractivity contribution >= 4 is 11.8 Å². The van der Waals surface area contributed by atoms with Crippen molar-refractivity contribution < 1.29 is 9.59 Å². The van der Waals surface area contributed by atoms with Gasteiger partial charge in [-0.2, -0.15) is 0 Å². The van der Waals surface area contributed by atoms with Crippen molar-refractivity contribution in [2.75, 3.05) is 26.2 Å². The summed E-state index contributed by atoms with van der Waals surface area (Å²) >= 11 is 0. The Balaban J connectivity index is 1.59. The SMILES string of the molecule is O=C1CCCCCN1CC(=O)N1CCC[C@H](c2cnccn2)C1. The highest BCUT2D eigenvalue weighted by atomic mass is 16.2. The van der Waals surface area contributed by atoms with Crippen LogP contribution in [0.25, 0.3) is 0 Å². The molecule has 2 amide bonds. The number of carbonyl (C=O) groups is 2. The van der Waals surface area contributed by atoms with Crippen molar-refractivity contribution in [3.05, 3.63) is 24.3 Å². The largest absolute Gasteiger partial charge is 0.340 e. The lowest BCUT2D eigenvalue weighted by Crippen LogP contribution is -2.46. The van der Waals surface area contributed by atoms with Gasteiger partial charge in [0.05, 0.1) is 12.2 Å². The maximum atomic E-state index is 12.6. The van der Waals surface area contributed by atoms with Crippen LogP contribution in [0, 0.1) is 0 Å². The molecule has 0 spiro atoms. The lowest BCUT2D eigenvalue weighted by Gasteiger charge is -2.33. The number of hydrogen-bond donors (Lipinski definition) is 0. The molecule has 3 heterocycles. The van der Waals surface area contributed by atoms with Crippen LogP contribution in [0.1, 0.15) is 50.1 Å². The van der Waals surface area contributed by atoms with Gasteiger partial charge in [-0.05, 0) is 25.7 Å². The summed E-state index contributed by atoms with van der Waals surface area (Å²) in [5.41, 5.74) is 0.954. The Morgan fingerprint density at radius 1 is 1.17 bits per heavy atom. The van der Waals surface area contributed by atoms with Crippen LogP contribution in [0.3, 0.4) is 0 Å². The molecular weight excluding hydrogens is 292 g/mol. The first-order valence-corrected chi connectivity index (χ1v) is 8.55. The maximum Gasteiger partial charge on any atom is 0.242 e. The minimum Gasteiger partial charge on any atom is -0.340 e. The summed E-state index contributed by atoms with van der Waals surface area (Å²) in [7, 11) is 0. The second kappa shape index (κ2) is 7.53. The summed E-state index contributed by atoms with van der Waals surface area (Å²) in [5, 5.41) is 0. The number of nitrogens with zero attached hydrogens (tertiary/aromatic N) is 4. The molecule has 0 aliphatic carbocycles. The van der Waals surface area contributed by atoms with Crippen LogP contribution in [0.15, 0.2) is 18.6 Å². The van der Waals surface area contributed by atoms with Crippen molar-refractivity contribution in [1.82, 2.24) is 19.8 Å². The van der Waals surface area contributed by atoms with Crippen LogP contribution in [0.5, 0.6) is 0 Å². The Bertz CT molecular complexity index is 549. The fourth-order valence-corrected chi connectivity index (χ4v) is 3.44. The van der Waals surface area contributed by atoms with Crippen molar-refractivity contribution in [3.8, 4) is 0 Å². The third-order valence-corrected chi connectivity index (χ3v) is 4.77. The lowest BCUT2D eigenvalue weighted by atomic mass is 9.95. The lowest BCUT2D eigenvalue weighted by molar-refractivity contribution is -0.140. The van der Waals surface area contributed by atoms with Gasteiger partial charge < -0.3 is 9.80 Å². The van der Waals surface area contributed by atoms with Crippen LogP contribution in [0.2, 0.25) is 0 Å². The molecule has 0 radical (unpaired) electrons. The average molecular weight is 316 g/mol. The van der Waals surface area contributed by atoms with Gasteiger partial charge in [0.25, 0.3) is 0 Å². The molecule has 2 aliphatic heterocycles. The van der Waals surface area contributed by atoms with E-state index in [2.05, 4.69) is 9.97 Å². The molecule has 1 atom stereocenters. The Morgan fingerprint density at radius 2 is 2.09 bits per heavy atom. The van der Waals surface area contributed by atoms with E-state index in [1.807, 2.05) is 4.90 Å². The zero-order valence-corrected chi connectivity index (χ0v) is 13.5.